The number of benzene rings is 1. The second-order valence-electron chi connectivity index (χ2n) is 4.94. The van der Waals surface area contributed by atoms with E-state index in [1.54, 1.807) is 14.0 Å². The fraction of sp³-hybridized carbons (Fsp3) is 0.500. The highest BCUT2D eigenvalue weighted by molar-refractivity contribution is 5.79. The zero-order valence-corrected chi connectivity index (χ0v) is 14.1. The van der Waals surface area contributed by atoms with Crippen LogP contribution >= 0.6 is 0 Å². The smallest absolute Gasteiger partial charge is 0.328 e. The van der Waals surface area contributed by atoms with E-state index in [9.17, 15) is 9.59 Å². The van der Waals surface area contributed by atoms with Gasteiger partial charge in [0.05, 0.1) is 13.2 Å². The molecule has 0 fully saturated rings. The molecule has 0 heterocycles. The Kier molecular flexibility index (Phi) is 10.4. The van der Waals surface area contributed by atoms with E-state index in [4.69, 9.17) is 14.6 Å². The summed E-state index contributed by atoms with van der Waals surface area (Å²) in [5.41, 5.74) is 7.80. The van der Waals surface area contributed by atoms with E-state index >= 15 is 0 Å². The maximum Gasteiger partial charge on any atom is 0.328 e. The van der Waals surface area contributed by atoms with Gasteiger partial charge in [-0.25, -0.2) is 4.79 Å². The molecule has 0 aliphatic carbocycles. The number of aliphatic carboxylic acids is 1. The minimum Gasteiger partial charge on any atom is -0.480 e. The van der Waals surface area contributed by atoms with Crippen molar-refractivity contribution in [3.63, 3.8) is 0 Å². The summed E-state index contributed by atoms with van der Waals surface area (Å²) in [6, 6.07) is 5.72. The predicted octanol–water partition coefficient (Wildman–Crippen LogP) is 1.32. The molecule has 0 saturated heterocycles. The van der Waals surface area contributed by atoms with Crippen molar-refractivity contribution in [1.29, 1.82) is 0 Å². The number of esters is 1. The normalized spacial score (nSPS) is 11.0. The van der Waals surface area contributed by atoms with E-state index < -0.39 is 5.97 Å². The number of hydrogen-bond acceptors (Lipinski definition) is 6. The van der Waals surface area contributed by atoms with Gasteiger partial charge in [0.25, 0.3) is 0 Å². The number of aryl methyl sites for hydroxylation is 2. The number of hydrogen-bond donors (Lipinski definition) is 3. The maximum absolute atomic E-state index is 11.7. The largest absolute Gasteiger partial charge is 0.480 e. The molecule has 1 aromatic rings. The molecule has 0 bridgehead atoms. The number of nitrogens with two attached hydrogens (primary N) is 1. The first-order valence-electron chi connectivity index (χ1n) is 7.23. The minimum absolute atomic E-state index is 0.270. The summed E-state index contributed by atoms with van der Waals surface area (Å²) in [5, 5.41) is 10.8. The summed E-state index contributed by atoms with van der Waals surface area (Å²) >= 11 is 0. The van der Waals surface area contributed by atoms with Crippen molar-refractivity contribution in [2.75, 3.05) is 32.2 Å². The van der Waals surface area contributed by atoms with E-state index in [1.807, 2.05) is 32.0 Å². The van der Waals surface area contributed by atoms with Crippen molar-refractivity contribution in [2.24, 2.45) is 5.73 Å². The SMILES string of the molecule is COCCOC(=O)[C@H](C)Nc1cc(C)ccc1C.NCC(=O)O. The predicted molar refractivity (Wildman–Crippen MR) is 88.5 cm³/mol. The molecular formula is C16H26N2O5. The van der Waals surface area contributed by atoms with Crippen LogP contribution in [-0.4, -0.2) is 50.0 Å². The Balaban J connectivity index is 0.000000841. The molecule has 1 atom stereocenters. The number of rotatable bonds is 7. The average molecular weight is 326 g/mol. The van der Waals surface area contributed by atoms with Gasteiger partial charge >= 0.3 is 11.9 Å². The summed E-state index contributed by atoms with van der Waals surface area (Å²) < 4.78 is 9.89. The standard InChI is InChI=1S/C14H21NO3.C2H5NO2/c1-10-5-6-11(2)13(9-10)15-12(3)14(16)18-8-7-17-4;3-1-2(4)5/h5-6,9,12,15H,7-8H2,1-4H3;1,3H2,(H,4,5)/t12-;/m0./s1. The zero-order valence-electron chi connectivity index (χ0n) is 14.1. The molecule has 0 saturated carbocycles. The van der Waals surface area contributed by atoms with Gasteiger partial charge in [-0.05, 0) is 38.0 Å². The lowest BCUT2D eigenvalue weighted by atomic mass is 10.1. The Morgan fingerprint density at radius 3 is 2.43 bits per heavy atom. The fourth-order valence-corrected chi connectivity index (χ4v) is 1.53. The van der Waals surface area contributed by atoms with Crippen molar-refractivity contribution in [1.82, 2.24) is 0 Å². The van der Waals surface area contributed by atoms with Crippen molar-refractivity contribution in [2.45, 2.75) is 26.8 Å². The van der Waals surface area contributed by atoms with Gasteiger partial charge in [0.15, 0.2) is 0 Å². The van der Waals surface area contributed by atoms with Gasteiger partial charge < -0.3 is 25.6 Å². The molecule has 0 unspecified atom stereocenters. The Labute approximate surface area is 136 Å². The highest BCUT2D eigenvalue weighted by Gasteiger charge is 2.14. The molecule has 4 N–H and O–H groups in total. The molecule has 1 aromatic carbocycles. The van der Waals surface area contributed by atoms with Gasteiger partial charge in [-0.3, -0.25) is 4.79 Å². The third-order valence-corrected chi connectivity index (χ3v) is 2.83. The summed E-state index contributed by atoms with van der Waals surface area (Å²) in [7, 11) is 1.58. The molecule has 0 amide bonds. The maximum atomic E-state index is 11.7. The van der Waals surface area contributed by atoms with Gasteiger partial charge in [0, 0.05) is 12.8 Å². The molecule has 1 rings (SSSR count). The summed E-state index contributed by atoms with van der Waals surface area (Å²) in [6.07, 6.45) is 0. The summed E-state index contributed by atoms with van der Waals surface area (Å²) in [6.45, 7) is 6.24. The Hall–Kier alpha value is -2.12. The van der Waals surface area contributed by atoms with Gasteiger partial charge in [-0.2, -0.15) is 0 Å². The van der Waals surface area contributed by atoms with Crippen molar-refractivity contribution in [3.05, 3.63) is 29.3 Å². The zero-order chi connectivity index (χ0) is 17.8. The van der Waals surface area contributed by atoms with Gasteiger partial charge in [0.2, 0.25) is 0 Å². The highest BCUT2D eigenvalue weighted by Crippen LogP contribution is 2.17. The van der Waals surface area contributed by atoms with E-state index in [0.29, 0.717) is 6.61 Å². The van der Waals surface area contributed by atoms with Crippen LogP contribution in [0.2, 0.25) is 0 Å². The molecule has 0 radical (unpaired) electrons. The first-order chi connectivity index (χ1) is 10.8. The molecule has 0 spiro atoms. The van der Waals surface area contributed by atoms with E-state index in [0.717, 1.165) is 16.8 Å². The van der Waals surface area contributed by atoms with Crippen LogP contribution in [0.5, 0.6) is 0 Å². The van der Waals surface area contributed by atoms with Crippen molar-refractivity contribution < 1.29 is 24.2 Å². The second kappa shape index (κ2) is 11.4. The van der Waals surface area contributed by atoms with Gasteiger partial charge in [-0.1, -0.05) is 12.1 Å². The molecule has 0 aliphatic heterocycles. The fourth-order valence-electron chi connectivity index (χ4n) is 1.53. The van der Waals surface area contributed by atoms with Crippen LogP contribution in [0.4, 0.5) is 5.69 Å². The number of anilines is 1. The Morgan fingerprint density at radius 1 is 1.30 bits per heavy atom. The quantitative estimate of drug-likeness (QED) is 0.512. The number of carbonyl (C=O) groups is 2. The topological polar surface area (TPSA) is 111 Å². The molecule has 7 nitrogen and oxygen atoms in total. The monoisotopic (exact) mass is 326 g/mol. The van der Waals surface area contributed by atoms with Crippen LogP contribution in [0.15, 0.2) is 18.2 Å². The molecule has 0 aromatic heterocycles. The van der Waals surface area contributed by atoms with Crippen LogP contribution in [0.3, 0.4) is 0 Å². The highest BCUT2D eigenvalue weighted by atomic mass is 16.6. The summed E-state index contributed by atoms with van der Waals surface area (Å²) in [5.74, 6) is -1.24. The number of methoxy groups -OCH3 is 1. The second-order valence-corrected chi connectivity index (χ2v) is 4.94. The molecule has 7 heteroatoms. The molecule has 23 heavy (non-hydrogen) atoms. The van der Waals surface area contributed by atoms with Crippen molar-refractivity contribution in [3.8, 4) is 0 Å². The van der Waals surface area contributed by atoms with Crippen LogP contribution in [0, 0.1) is 13.8 Å². The number of carboxylic acid groups (broad SMARTS) is 1. The van der Waals surface area contributed by atoms with Crippen LogP contribution in [0.1, 0.15) is 18.1 Å². The van der Waals surface area contributed by atoms with E-state index in [-0.39, 0.29) is 25.2 Å². The number of ether oxygens (including phenoxy) is 2. The lowest BCUT2D eigenvalue weighted by molar-refractivity contribution is -0.145. The number of carboxylic acids is 1. The van der Waals surface area contributed by atoms with Crippen LogP contribution < -0.4 is 11.1 Å². The first-order valence-corrected chi connectivity index (χ1v) is 7.23. The molecule has 0 aliphatic rings. The Bertz CT molecular complexity index is 505. The third-order valence-electron chi connectivity index (χ3n) is 2.83. The number of carbonyl (C=O) groups excluding carboxylic acids is 1. The lowest BCUT2D eigenvalue weighted by Crippen LogP contribution is -2.29. The Morgan fingerprint density at radius 2 is 1.91 bits per heavy atom. The molecular weight excluding hydrogens is 300 g/mol. The van der Waals surface area contributed by atoms with Crippen LogP contribution in [-0.2, 0) is 19.1 Å². The summed E-state index contributed by atoms with van der Waals surface area (Å²) in [4.78, 5) is 20.9. The van der Waals surface area contributed by atoms with Gasteiger partial charge in [0.1, 0.15) is 12.6 Å². The molecule has 130 valence electrons. The van der Waals surface area contributed by atoms with E-state index in [1.165, 1.54) is 0 Å². The lowest BCUT2D eigenvalue weighted by Gasteiger charge is -2.16. The minimum atomic E-state index is -0.968. The first kappa shape index (κ1) is 20.9. The number of nitrogens with one attached hydrogen (secondary N) is 1. The third kappa shape index (κ3) is 9.49. The van der Waals surface area contributed by atoms with E-state index in [2.05, 4.69) is 11.1 Å². The van der Waals surface area contributed by atoms with Crippen LogP contribution in [0.25, 0.3) is 0 Å². The van der Waals surface area contributed by atoms with Crippen molar-refractivity contribution >= 4 is 17.6 Å². The van der Waals surface area contributed by atoms with Gasteiger partial charge in [-0.15, -0.1) is 0 Å². The average Bonchev–Trinajstić information content (AvgIpc) is 2.51.